The molecule has 7 heteroatoms. The van der Waals surface area contributed by atoms with Gasteiger partial charge in [0, 0.05) is 25.1 Å². The standard InChI is InChI=1S/C22H23N3O4/c23-11-16-7-4-8-17(9-16)22-25-19(14-29-22)21(28)24-12-18(13-26)20(27)10-15-5-2-1-3-6-15/h1-9,14,18,26H,10-13,23H2,(H,24,28). The molecule has 0 radical (unpaired) electrons. The van der Waals surface area contributed by atoms with E-state index in [-0.39, 0.29) is 31.0 Å². The third-order valence-corrected chi connectivity index (χ3v) is 4.55. The number of aliphatic hydroxyl groups excluding tert-OH is 1. The maximum atomic E-state index is 12.4. The largest absolute Gasteiger partial charge is 0.444 e. The van der Waals surface area contributed by atoms with Gasteiger partial charge in [-0.15, -0.1) is 0 Å². The lowest BCUT2D eigenvalue weighted by molar-refractivity contribution is -0.123. The van der Waals surface area contributed by atoms with Gasteiger partial charge in [0.25, 0.3) is 5.91 Å². The van der Waals surface area contributed by atoms with Crippen LogP contribution in [-0.2, 0) is 17.8 Å². The van der Waals surface area contributed by atoms with Crippen LogP contribution in [0.4, 0.5) is 0 Å². The summed E-state index contributed by atoms with van der Waals surface area (Å²) in [4.78, 5) is 29.0. The number of oxazole rings is 1. The van der Waals surface area contributed by atoms with Crippen molar-refractivity contribution in [3.05, 3.63) is 77.7 Å². The minimum absolute atomic E-state index is 0.0197. The van der Waals surface area contributed by atoms with E-state index in [1.165, 1.54) is 6.26 Å². The quantitative estimate of drug-likeness (QED) is 0.511. The van der Waals surface area contributed by atoms with E-state index in [0.29, 0.717) is 12.4 Å². The molecule has 1 aromatic heterocycles. The topological polar surface area (TPSA) is 118 Å². The number of benzene rings is 2. The molecule has 3 aromatic rings. The maximum Gasteiger partial charge on any atom is 0.273 e. The van der Waals surface area contributed by atoms with E-state index in [0.717, 1.165) is 16.7 Å². The highest BCUT2D eigenvalue weighted by molar-refractivity contribution is 5.93. The van der Waals surface area contributed by atoms with Gasteiger partial charge in [-0.1, -0.05) is 42.5 Å². The van der Waals surface area contributed by atoms with Crippen molar-refractivity contribution in [1.82, 2.24) is 10.3 Å². The molecule has 0 spiro atoms. The number of rotatable bonds is 9. The summed E-state index contributed by atoms with van der Waals surface area (Å²) < 4.78 is 5.40. The molecule has 0 aliphatic carbocycles. The Morgan fingerprint density at radius 1 is 1.10 bits per heavy atom. The van der Waals surface area contributed by atoms with Crippen LogP contribution in [0.1, 0.15) is 21.6 Å². The molecule has 150 valence electrons. The van der Waals surface area contributed by atoms with Crippen LogP contribution in [0.15, 0.2) is 65.3 Å². The monoisotopic (exact) mass is 393 g/mol. The molecular weight excluding hydrogens is 370 g/mol. The minimum Gasteiger partial charge on any atom is -0.444 e. The zero-order valence-electron chi connectivity index (χ0n) is 15.9. The number of aromatic nitrogens is 1. The van der Waals surface area contributed by atoms with Crippen molar-refractivity contribution >= 4 is 11.7 Å². The summed E-state index contributed by atoms with van der Waals surface area (Å²) in [5.41, 5.74) is 8.25. The summed E-state index contributed by atoms with van der Waals surface area (Å²) in [6.45, 7) is 0.0647. The molecule has 0 aliphatic rings. The summed E-state index contributed by atoms with van der Waals surface area (Å²) in [6, 6.07) is 16.7. The molecule has 0 saturated heterocycles. The molecule has 7 nitrogen and oxygen atoms in total. The maximum absolute atomic E-state index is 12.4. The molecule has 1 heterocycles. The number of carbonyl (C=O) groups excluding carboxylic acids is 2. The second-order valence-corrected chi connectivity index (χ2v) is 6.66. The van der Waals surface area contributed by atoms with E-state index in [1.54, 1.807) is 0 Å². The van der Waals surface area contributed by atoms with Gasteiger partial charge >= 0.3 is 0 Å². The van der Waals surface area contributed by atoms with Crippen LogP contribution >= 0.6 is 0 Å². The van der Waals surface area contributed by atoms with Gasteiger partial charge in [0.05, 0.1) is 12.5 Å². The zero-order chi connectivity index (χ0) is 20.6. The Bertz CT molecular complexity index is 969. The Hall–Kier alpha value is -3.29. The number of nitrogens with one attached hydrogen (secondary N) is 1. The number of carbonyl (C=O) groups is 2. The lowest BCUT2D eigenvalue weighted by atomic mass is 9.98. The Kier molecular flexibility index (Phi) is 6.89. The SMILES string of the molecule is NCc1cccc(-c2nc(C(=O)NCC(CO)C(=O)Cc3ccccc3)co2)c1. The number of Topliss-reactive ketones (excluding diaryl/α,β-unsaturated/α-hetero) is 1. The molecule has 29 heavy (non-hydrogen) atoms. The molecule has 0 fully saturated rings. The van der Waals surface area contributed by atoms with Crippen LogP contribution in [0, 0.1) is 5.92 Å². The van der Waals surface area contributed by atoms with Gasteiger partial charge in [-0.3, -0.25) is 9.59 Å². The number of nitrogens with zero attached hydrogens (tertiary/aromatic N) is 1. The first kappa shape index (κ1) is 20.4. The average Bonchev–Trinajstić information content (AvgIpc) is 3.25. The summed E-state index contributed by atoms with van der Waals surface area (Å²) in [7, 11) is 0. The van der Waals surface area contributed by atoms with Crippen LogP contribution in [0.2, 0.25) is 0 Å². The number of nitrogens with two attached hydrogens (primary N) is 1. The lowest BCUT2D eigenvalue weighted by Gasteiger charge is -2.13. The average molecular weight is 393 g/mol. The molecule has 2 aromatic carbocycles. The Morgan fingerprint density at radius 2 is 1.86 bits per heavy atom. The van der Waals surface area contributed by atoms with Gasteiger partial charge in [-0.25, -0.2) is 4.98 Å². The third kappa shape index (κ3) is 5.37. The highest BCUT2D eigenvalue weighted by Crippen LogP contribution is 2.20. The Balaban J connectivity index is 1.59. The van der Waals surface area contributed by atoms with Crippen molar-refractivity contribution in [1.29, 1.82) is 0 Å². The van der Waals surface area contributed by atoms with Gasteiger partial charge in [0.1, 0.15) is 12.0 Å². The summed E-state index contributed by atoms with van der Waals surface area (Å²) in [6.07, 6.45) is 1.47. The fourth-order valence-electron chi connectivity index (χ4n) is 2.87. The van der Waals surface area contributed by atoms with E-state index in [2.05, 4.69) is 10.3 Å². The predicted octanol–water partition coefficient (Wildman–Crippen LogP) is 1.95. The van der Waals surface area contributed by atoms with Crippen molar-refractivity contribution in [3.63, 3.8) is 0 Å². The molecule has 1 unspecified atom stereocenters. The first-order valence-corrected chi connectivity index (χ1v) is 9.31. The first-order valence-electron chi connectivity index (χ1n) is 9.31. The molecule has 0 aliphatic heterocycles. The van der Waals surface area contributed by atoms with E-state index >= 15 is 0 Å². The van der Waals surface area contributed by atoms with Crippen molar-refractivity contribution in [2.45, 2.75) is 13.0 Å². The number of hydrogen-bond donors (Lipinski definition) is 3. The van der Waals surface area contributed by atoms with Gasteiger partial charge in [0.2, 0.25) is 5.89 Å². The van der Waals surface area contributed by atoms with E-state index in [1.807, 2.05) is 54.6 Å². The number of ketones is 1. The molecule has 1 amide bonds. The van der Waals surface area contributed by atoms with Gasteiger partial charge in [-0.05, 0) is 23.3 Å². The van der Waals surface area contributed by atoms with Crippen LogP contribution in [0.25, 0.3) is 11.5 Å². The van der Waals surface area contributed by atoms with Crippen LogP contribution in [0.3, 0.4) is 0 Å². The summed E-state index contributed by atoms with van der Waals surface area (Å²) in [5.74, 6) is -0.990. The fourth-order valence-corrected chi connectivity index (χ4v) is 2.87. The molecule has 4 N–H and O–H groups in total. The number of aliphatic hydroxyl groups is 1. The molecule has 1 atom stereocenters. The molecule has 3 rings (SSSR count). The molecular formula is C22H23N3O4. The van der Waals surface area contributed by atoms with Crippen molar-refractivity contribution in [2.75, 3.05) is 13.2 Å². The first-order chi connectivity index (χ1) is 14.1. The van der Waals surface area contributed by atoms with Gasteiger partial charge in [-0.2, -0.15) is 0 Å². The fraction of sp³-hybridized carbons (Fsp3) is 0.227. The highest BCUT2D eigenvalue weighted by atomic mass is 16.3. The Morgan fingerprint density at radius 3 is 2.59 bits per heavy atom. The second-order valence-electron chi connectivity index (χ2n) is 6.66. The van der Waals surface area contributed by atoms with Crippen molar-refractivity contribution < 1.29 is 19.1 Å². The third-order valence-electron chi connectivity index (χ3n) is 4.55. The smallest absolute Gasteiger partial charge is 0.273 e. The van der Waals surface area contributed by atoms with Crippen LogP contribution in [-0.4, -0.2) is 34.9 Å². The van der Waals surface area contributed by atoms with E-state index in [9.17, 15) is 14.7 Å². The zero-order valence-corrected chi connectivity index (χ0v) is 15.9. The molecule has 0 saturated carbocycles. The number of amides is 1. The normalized spacial score (nSPS) is 11.8. The number of hydrogen-bond acceptors (Lipinski definition) is 6. The second kappa shape index (κ2) is 9.77. The van der Waals surface area contributed by atoms with Crippen LogP contribution < -0.4 is 11.1 Å². The minimum atomic E-state index is -0.688. The van der Waals surface area contributed by atoms with E-state index < -0.39 is 11.8 Å². The van der Waals surface area contributed by atoms with Gasteiger partial charge in [0.15, 0.2) is 5.69 Å². The lowest BCUT2D eigenvalue weighted by Crippen LogP contribution is -2.35. The van der Waals surface area contributed by atoms with Gasteiger partial charge < -0.3 is 20.6 Å². The molecule has 0 bridgehead atoms. The summed E-state index contributed by atoms with van der Waals surface area (Å²) >= 11 is 0. The van der Waals surface area contributed by atoms with Crippen molar-refractivity contribution in [2.24, 2.45) is 11.7 Å². The van der Waals surface area contributed by atoms with Crippen LogP contribution in [0.5, 0.6) is 0 Å². The Labute approximate surface area is 168 Å². The van der Waals surface area contributed by atoms with Crippen molar-refractivity contribution in [3.8, 4) is 11.5 Å². The van der Waals surface area contributed by atoms with E-state index in [4.69, 9.17) is 10.2 Å². The summed E-state index contributed by atoms with van der Waals surface area (Å²) in [5, 5.41) is 12.2. The highest BCUT2D eigenvalue weighted by Gasteiger charge is 2.20. The predicted molar refractivity (Wildman–Crippen MR) is 108 cm³/mol.